The molecule has 0 spiro atoms. The molecule has 3 nitrogen and oxygen atoms in total. The Hall–Kier alpha value is -0.930. The predicted molar refractivity (Wildman–Crippen MR) is 72.7 cm³/mol. The van der Waals surface area contributed by atoms with E-state index in [1.165, 1.54) is 0 Å². The lowest BCUT2D eigenvalue weighted by molar-refractivity contribution is 0.238. The monoisotopic (exact) mass is 235 g/mol. The normalized spacial score (nSPS) is 13.4. The van der Waals surface area contributed by atoms with Gasteiger partial charge in [0, 0.05) is 24.8 Å². The second-order valence-electron chi connectivity index (χ2n) is 5.01. The van der Waals surface area contributed by atoms with Crippen molar-refractivity contribution < 1.29 is 0 Å². The minimum atomic E-state index is 0.236. The van der Waals surface area contributed by atoms with Crippen LogP contribution in [0.15, 0.2) is 18.2 Å². The van der Waals surface area contributed by atoms with Crippen LogP contribution in [0.3, 0.4) is 0 Å². The molecule has 0 aliphatic carbocycles. The lowest BCUT2D eigenvalue weighted by Crippen LogP contribution is -2.40. The van der Waals surface area contributed by atoms with Crippen LogP contribution in [0.2, 0.25) is 0 Å². The van der Waals surface area contributed by atoms with Gasteiger partial charge in [-0.3, -0.25) is 9.88 Å². The summed E-state index contributed by atoms with van der Waals surface area (Å²) in [6.07, 6.45) is 0. The molecule has 0 aliphatic rings. The SMILES string of the molecule is CCN(Cc1cccc(C)n1)CC(N)C(C)C. The molecule has 3 heteroatoms. The molecular formula is C14H25N3. The standard InChI is InChI=1S/C14H25N3/c1-5-17(10-14(15)11(2)3)9-13-8-6-7-12(4)16-13/h6-8,11,14H,5,9-10,15H2,1-4H3. The first-order chi connectivity index (χ1) is 8.02. The van der Waals surface area contributed by atoms with Gasteiger partial charge < -0.3 is 5.73 Å². The maximum absolute atomic E-state index is 6.11. The van der Waals surface area contributed by atoms with Crippen molar-refractivity contribution in [3.8, 4) is 0 Å². The first-order valence-electron chi connectivity index (χ1n) is 6.43. The molecule has 0 saturated carbocycles. The summed E-state index contributed by atoms with van der Waals surface area (Å²) < 4.78 is 0. The van der Waals surface area contributed by atoms with Crippen molar-refractivity contribution in [3.63, 3.8) is 0 Å². The summed E-state index contributed by atoms with van der Waals surface area (Å²) in [5, 5.41) is 0. The molecular weight excluding hydrogens is 210 g/mol. The van der Waals surface area contributed by atoms with E-state index < -0.39 is 0 Å². The second kappa shape index (κ2) is 6.72. The lowest BCUT2D eigenvalue weighted by atomic mass is 10.1. The summed E-state index contributed by atoms with van der Waals surface area (Å²) in [6, 6.07) is 6.41. The fourth-order valence-corrected chi connectivity index (χ4v) is 1.73. The second-order valence-corrected chi connectivity index (χ2v) is 5.01. The average Bonchev–Trinajstić information content (AvgIpc) is 2.27. The Balaban J connectivity index is 2.58. The Morgan fingerprint density at radius 1 is 1.35 bits per heavy atom. The predicted octanol–water partition coefficient (Wildman–Crippen LogP) is 2.20. The summed E-state index contributed by atoms with van der Waals surface area (Å²) in [7, 11) is 0. The highest BCUT2D eigenvalue weighted by Gasteiger charge is 2.13. The highest BCUT2D eigenvalue weighted by Crippen LogP contribution is 2.06. The summed E-state index contributed by atoms with van der Waals surface area (Å²) in [5.41, 5.74) is 8.32. The van der Waals surface area contributed by atoms with Gasteiger partial charge in [-0.15, -0.1) is 0 Å². The van der Waals surface area contributed by atoms with Crippen molar-refractivity contribution in [2.45, 2.75) is 40.3 Å². The molecule has 1 unspecified atom stereocenters. The number of pyridine rings is 1. The van der Waals surface area contributed by atoms with Crippen molar-refractivity contribution in [2.75, 3.05) is 13.1 Å². The Kier molecular flexibility index (Phi) is 5.59. The van der Waals surface area contributed by atoms with Crippen LogP contribution in [-0.2, 0) is 6.54 Å². The summed E-state index contributed by atoms with van der Waals surface area (Å²) in [4.78, 5) is 6.88. The molecule has 1 atom stereocenters. The van der Waals surface area contributed by atoms with Crippen molar-refractivity contribution in [2.24, 2.45) is 11.7 Å². The maximum atomic E-state index is 6.11. The third-order valence-electron chi connectivity index (χ3n) is 3.10. The molecule has 96 valence electrons. The zero-order chi connectivity index (χ0) is 12.8. The minimum absolute atomic E-state index is 0.236. The fraction of sp³-hybridized carbons (Fsp3) is 0.643. The van der Waals surface area contributed by atoms with Crippen LogP contribution < -0.4 is 5.73 Å². The Morgan fingerprint density at radius 2 is 2.06 bits per heavy atom. The molecule has 0 radical (unpaired) electrons. The molecule has 1 heterocycles. The largest absolute Gasteiger partial charge is 0.326 e. The number of rotatable bonds is 6. The van der Waals surface area contributed by atoms with Crippen LogP contribution >= 0.6 is 0 Å². The molecule has 0 aromatic carbocycles. The van der Waals surface area contributed by atoms with E-state index in [0.717, 1.165) is 31.0 Å². The Morgan fingerprint density at radius 3 is 2.59 bits per heavy atom. The molecule has 0 saturated heterocycles. The summed E-state index contributed by atoms with van der Waals surface area (Å²) in [5.74, 6) is 0.523. The number of hydrogen-bond donors (Lipinski definition) is 1. The van der Waals surface area contributed by atoms with Gasteiger partial charge in [0.15, 0.2) is 0 Å². The first-order valence-corrected chi connectivity index (χ1v) is 6.43. The molecule has 0 amide bonds. The zero-order valence-electron chi connectivity index (χ0n) is 11.5. The minimum Gasteiger partial charge on any atom is -0.326 e. The first kappa shape index (κ1) is 14.1. The molecule has 1 aromatic rings. The van der Waals surface area contributed by atoms with Gasteiger partial charge in [-0.05, 0) is 31.5 Å². The van der Waals surface area contributed by atoms with Crippen LogP contribution in [0.25, 0.3) is 0 Å². The van der Waals surface area contributed by atoms with Crippen molar-refractivity contribution in [1.82, 2.24) is 9.88 Å². The maximum Gasteiger partial charge on any atom is 0.0547 e. The molecule has 0 fully saturated rings. The number of aromatic nitrogens is 1. The van der Waals surface area contributed by atoms with E-state index in [9.17, 15) is 0 Å². The van der Waals surface area contributed by atoms with E-state index in [0.29, 0.717) is 5.92 Å². The fourth-order valence-electron chi connectivity index (χ4n) is 1.73. The highest BCUT2D eigenvalue weighted by molar-refractivity contribution is 5.09. The number of nitrogens with zero attached hydrogens (tertiary/aromatic N) is 2. The Bertz CT molecular complexity index is 336. The van der Waals surface area contributed by atoms with Crippen LogP contribution in [0.4, 0.5) is 0 Å². The van der Waals surface area contributed by atoms with E-state index in [4.69, 9.17) is 5.73 Å². The third kappa shape index (κ3) is 4.84. The van der Waals surface area contributed by atoms with Crippen LogP contribution in [-0.4, -0.2) is 29.0 Å². The Labute approximate surface area is 105 Å². The quantitative estimate of drug-likeness (QED) is 0.822. The van der Waals surface area contributed by atoms with E-state index in [-0.39, 0.29) is 6.04 Å². The van der Waals surface area contributed by atoms with E-state index in [1.54, 1.807) is 0 Å². The van der Waals surface area contributed by atoms with E-state index in [2.05, 4.69) is 42.8 Å². The van der Waals surface area contributed by atoms with Gasteiger partial charge in [-0.1, -0.05) is 26.8 Å². The van der Waals surface area contributed by atoms with Crippen molar-refractivity contribution in [3.05, 3.63) is 29.6 Å². The van der Waals surface area contributed by atoms with Gasteiger partial charge in [-0.2, -0.15) is 0 Å². The molecule has 17 heavy (non-hydrogen) atoms. The van der Waals surface area contributed by atoms with E-state index >= 15 is 0 Å². The topological polar surface area (TPSA) is 42.2 Å². The molecule has 0 aliphatic heterocycles. The van der Waals surface area contributed by atoms with Gasteiger partial charge in [0.1, 0.15) is 0 Å². The van der Waals surface area contributed by atoms with Crippen molar-refractivity contribution in [1.29, 1.82) is 0 Å². The number of likely N-dealkylation sites (N-methyl/N-ethyl adjacent to an activating group) is 1. The average molecular weight is 235 g/mol. The number of aryl methyl sites for hydroxylation is 1. The summed E-state index contributed by atoms with van der Waals surface area (Å²) in [6.45, 7) is 11.4. The van der Waals surface area contributed by atoms with Crippen molar-refractivity contribution >= 4 is 0 Å². The molecule has 1 rings (SSSR count). The van der Waals surface area contributed by atoms with Crippen LogP contribution in [0, 0.1) is 12.8 Å². The summed E-state index contributed by atoms with van der Waals surface area (Å²) >= 11 is 0. The van der Waals surface area contributed by atoms with Crippen LogP contribution in [0.5, 0.6) is 0 Å². The zero-order valence-corrected chi connectivity index (χ0v) is 11.5. The van der Waals surface area contributed by atoms with Gasteiger partial charge in [0.2, 0.25) is 0 Å². The highest BCUT2D eigenvalue weighted by atomic mass is 15.1. The molecule has 0 bridgehead atoms. The molecule has 1 aromatic heterocycles. The lowest BCUT2D eigenvalue weighted by Gasteiger charge is -2.26. The van der Waals surface area contributed by atoms with Gasteiger partial charge in [-0.25, -0.2) is 0 Å². The number of hydrogen-bond acceptors (Lipinski definition) is 3. The van der Waals surface area contributed by atoms with Crippen LogP contribution in [0.1, 0.15) is 32.2 Å². The van der Waals surface area contributed by atoms with Gasteiger partial charge in [0.05, 0.1) is 5.69 Å². The van der Waals surface area contributed by atoms with Gasteiger partial charge in [0.25, 0.3) is 0 Å². The third-order valence-corrected chi connectivity index (χ3v) is 3.10. The van der Waals surface area contributed by atoms with Gasteiger partial charge >= 0.3 is 0 Å². The number of nitrogens with two attached hydrogens (primary N) is 1. The molecule has 2 N–H and O–H groups in total. The smallest absolute Gasteiger partial charge is 0.0547 e. The van der Waals surface area contributed by atoms with E-state index in [1.807, 2.05) is 13.0 Å².